The van der Waals surface area contributed by atoms with E-state index in [2.05, 4.69) is 5.32 Å². The molecule has 0 aromatic heterocycles. The lowest BCUT2D eigenvalue weighted by molar-refractivity contribution is -0.136. The van der Waals surface area contributed by atoms with E-state index >= 15 is 0 Å². The number of nitrogens with two attached hydrogens (primary N) is 1. The Kier molecular flexibility index (Phi) is 5.81. The molecule has 0 bridgehead atoms. The standard InChI is InChI=1S/C19H26N4O2/c1-19(2,3)16(21)18(25)23-10-8-15(9-11-23)22-17(24)14-6-4-13(12-20)5-7-14/h4-7,15-16H,8-11,21H2,1-3H3,(H,22,24)/t16-/m1/s1. The average Bonchev–Trinajstić information content (AvgIpc) is 2.60. The Morgan fingerprint density at radius 1 is 1.24 bits per heavy atom. The summed E-state index contributed by atoms with van der Waals surface area (Å²) >= 11 is 0. The van der Waals surface area contributed by atoms with Crippen LogP contribution in [0.2, 0.25) is 0 Å². The van der Waals surface area contributed by atoms with Crippen LogP contribution in [0.25, 0.3) is 0 Å². The molecule has 0 unspecified atom stereocenters. The van der Waals surface area contributed by atoms with E-state index in [-0.39, 0.29) is 23.3 Å². The van der Waals surface area contributed by atoms with Crippen molar-refractivity contribution in [2.75, 3.05) is 13.1 Å². The first-order valence-corrected chi connectivity index (χ1v) is 8.58. The van der Waals surface area contributed by atoms with Crippen molar-refractivity contribution in [3.63, 3.8) is 0 Å². The molecular formula is C19H26N4O2. The summed E-state index contributed by atoms with van der Waals surface area (Å²) in [6, 6.07) is 8.11. The van der Waals surface area contributed by atoms with Gasteiger partial charge >= 0.3 is 0 Å². The van der Waals surface area contributed by atoms with Crippen molar-refractivity contribution in [1.29, 1.82) is 5.26 Å². The highest BCUT2D eigenvalue weighted by atomic mass is 16.2. The third-order valence-corrected chi connectivity index (χ3v) is 4.62. The molecule has 1 aromatic rings. The predicted octanol–water partition coefficient (Wildman–Crippen LogP) is 1.65. The van der Waals surface area contributed by atoms with Crippen molar-refractivity contribution < 1.29 is 9.59 Å². The van der Waals surface area contributed by atoms with Crippen LogP contribution in [-0.4, -0.2) is 41.9 Å². The largest absolute Gasteiger partial charge is 0.349 e. The number of hydrogen-bond acceptors (Lipinski definition) is 4. The minimum Gasteiger partial charge on any atom is -0.349 e. The Hall–Kier alpha value is -2.39. The number of amides is 2. The van der Waals surface area contributed by atoms with E-state index in [4.69, 9.17) is 11.0 Å². The first-order valence-electron chi connectivity index (χ1n) is 8.58. The molecule has 6 heteroatoms. The number of rotatable bonds is 3. The highest BCUT2D eigenvalue weighted by Gasteiger charge is 2.33. The molecule has 134 valence electrons. The zero-order chi connectivity index (χ0) is 18.6. The topological polar surface area (TPSA) is 99.2 Å². The molecule has 25 heavy (non-hydrogen) atoms. The minimum atomic E-state index is -0.516. The van der Waals surface area contributed by atoms with Gasteiger partial charge in [0.15, 0.2) is 0 Å². The fourth-order valence-electron chi connectivity index (χ4n) is 2.78. The van der Waals surface area contributed by atoms with Crippen molar-refractivity contribution in [1.82, 2.24) is 10.2 Å². The second-order valence-electron chi connectivity index (χ2n) is 7.61. The molecule has 0 saturated carbocycles. The van der Waals surface area contributed by atoms with Crippen molar-refractivity contribution >= 4 is 11.8 Å². The quantitative estimate of drug-likeness (QED) is 0.872. The van der Waals surface area contributed by atoms with Gasteiger partial charge in [0, 0.05) is 24.7 Å². The summed E-state index contributed by atoms with van der Waals surface area (Å²) < 4.78 is 0. The van der Waals surface area contributed by atoms with Gasteiger partial charge in [-0.25, -0.2) is 0 Å². The molecule has 1 aromatic carbocycles. The molecule has 2 rings (SSSR count). The van der Waals surface area contributed by atoms with Crippen LogP contribution in [0.4, 0.5) is 0 Å². The Labute approximate surface area is 149 Å². The highest BCUT2D eigenvalue weighted by molar-refractivity contribution is 5.94. The van der Waals surface area contributed by atoms with E-state index in [1.54, 1.807) is 29.2 Å². The zero-order valence-corrected chi connectivity index (χ0v) is 15.1. The van der Waals surface area contributed by atoms with Crippen molar-refractivity contribution in [3.8, 4) is 6.07 Å². The number of nitriles is 1. The fourth-order valence-corrected chi connectivity index (χ4v) is 2.78. The van der Waals surface area contributed by atoms with Crippen LogP contribution in [0.15, 0.2) is 24.3 Å². The number of nitrogens with zero attached hydrogens (tertiary/aromatic N) is 2. The van der Waals surface area contributed by atoms with E-state index in [0.29, 0.717) is 37.1 Å². The maximum Gasteiger partial charge on any atom is 0.251 e. The second kappa shape index (κ2) is 7.66. The summed E-state index contributed by atoms with van der Waals surface area (Å²) in [5.41, 5.74) is 6.85. The second-order valence-corrected chi connectivity index (χ2v) is 7.61. The van der Waals surface area contributed by atoms with Gasteiger partial charge < -0.3 is 16.0 Å². The summed E-state index contributed by atoms with van der Waals surface area (Å²) in [5, 5.41) is 11.8. The summed E-state index contributed by atoms with van der Waals surface area (Å²) in [6.45, 7) is 7.07. The molecule has 1 aliphatic rings. The van der Waals surface area contributed by atoms with Crippen LogP contribution >= 0.6 is 0 Å². The maximum absolute atomic E-state index is 12.4. The zero-order valence-electron chi connectivity index (χ0n) is 15.1. The van der Waals surface area contributed by atoms with E-state index in [1.165, 1.54) is 0 Å². The smallest absolute Gasteiger partial charge is 0.251 e. The van der Waals surface area contributed by atoms with Gasteiger partial charge in [-0.1, -0.05) is 20.8 Å². The SMILES string of the molecule is CC(C)(C)[C@H](N)C(=O)N1CCC(NC(=O)c2ccc(C#N)cc2)CC1. The molecule has 3 N–H and O–H groups in total. The molecule has 0 spiro atoms. The number of carbonyl (C=O) groups is 2. The molecule has 1 atom stereocenters. The number of hydrogen-bond donors (Lipinski definition) is 2. The van der Waals surface area contributed by atoms with E-state index in [1.807, 2.05) is 26.8 Å². The lowest BCUT2D eigenvalue weighted by Gasteiger charge is -2.36. The molecule has 6 nitrogen and oxygen atoms in total. The Bertz CT molecular complexity index is 662. The fraction of sp³-hybridized carbons (Fsp3) is 0.526. The van der Waals surface area contributed by atoms with Crippen LogP contribution in [0, 0.1) is 16.7 Å². The Balaban J connectivity index is 1.86. The van der Waals surface area contributed by atoms with Gasteiger partial charge in [0.2, 0.25) is 5.91 Å². The molecule has 0 aliphatic carbocycles. The third kappa shape index (κ3) is 4.80. The molecule has 0 radical (unpaired) electrons. The summed E-state index contributed by atoms with van der Waals surface area (Å²) in [7, 11) is 0. The third-order valence-electron chi connectivity index (χ3n) is 4.62. The normalized spacial score (nSPS) is 16.8. The van der Waals surface area contributed by atoms with Crippen LogP contribution < -0.4 is 11.1 Å². The van der Waals surface area contributed by atoms with Gasteiger partial charge in [-0.3, -0.25) is 9.59 Å². The number of likely N-dealkylation sites (tertiary alicyclic amines) is 1. The first-order chi connectivity index (χ1) is 11.7. The molecule has 1 heterocycles. The van der Waals surface area contributed by atoms with Gasteiger partial charge in [0.1, 0.15) is 0 Å². The highest BCUT2D eigenvalue weighted by Crippen LogP contribution is 2.21. The van der Waals surface area contributed by atoms with Gasteiger partial charge in [-0.2, -0.15) is 5.26 Å². The van der Waals surface area contributed by atoms with Gasteiger partial charge in [0.25, 0.3) is 5.91 Å². The number of carbonyl (C=O) groups excluding carboxylic acids is 2. The minimum absolute atomic E-state index is 0.0237. The van der Waals surface area contributed by atoms with Gasteiger partial charge in [-0.05, 0) is 42.5 Å². The number of nitrogens with one attached hydrogen (secondary N) is 1. The van der Waals surface area contributed by atoms with E-state index in [9.17, 15) is 9.59 Å². The van der Waals surface area contributed by atoms with Crippen LogP contribution in [0.3, 0.4) is 0 Å². The Morgan fingerprint density at radius 2 is 1.80 bits per heavy atom. The van der Waals surface area contributed by atoms with Crippen molar-refractivity contribution in [2.24, 2.45) is 11.1 Å². The monoisotopic (exact) mass is 342 g/mol. The lowest BCUT2D eigenvalue weighted by atomic mass is 9.86. The number of benzene rings is 1. The Morgan fingerprint density at radius 3 is 2.28 bits per heavy atom. The van der Waals surface area contributed by atoms with E-state index < -0.39 is 6.04 Å². The molecule has 1 saturated heterocycles. The first kappa shape index (κ1) is 18.9. The van der Waals surface area contributed by atoms with Crippen molar-refractivity contribution in [3.05, 3.63) is 35.4 Å². The van der Waals surface area contributed by atoms with Crippen LogP contribution in [0.1, 0.15) is 49.5 Å². The molecular weight excluding hydrogens is 316 g/mol. The van der Waals surface area contributed by atoms with Crippen molar-refractivity contribution in [2.45, 2.75) is 45.7 Å². The summed E-state index contributed by atoms with van der Waals surface area (Å²) in [5.74, 6) is -0.176. The summed E-state index contributed by atoms with van der Waals surface area (Å²) in [6.07, 6.45) is 1.43. The summed E-state index contributed by atoms with van der Waals surface area (Å²) in [4.78, 5) is 26.5. The molecule has 1 aliphatic heterocycles. The van der Waals surface area contributed by atoms with Crippen LogP contribution in [0.5, 0.6) is 0 Å². The molecule has 1 fully saturated rings. The average molecular weight is 342 g/mol. The van der Waals surface area contributed by atoms with Crippen LogP contribution in [-0.2, 0) is 4.79 Å². The van der Waals surface area contributed by atoms with Gasteiger partial charge in [0.05, 0.1) is 17.7 Å². The molecule has 2 amide bonds. The number of piperidine rings is 1. The maximum atomic E-state index is 12.4. The van der Waals surface area contributed by atoms with Gasteiger partial charge in [-0.15, -0.1) is 0 Å². The van der Waals surface area contributed by atoms with E-state index in [0.717, 1.165) is 0 Å². The predicted molar refractivity (Wildman–Crippen MR) is 95.7 cm³/mol. The lowest BCUT2D eigenvalue weighted by Crippen LogP contribution is -2.54.